The lowest BCUT2D eigenvalue weighted by Gasteiger charge is -2.14. The highest BCUT2D eigenvalue weighted by atomic mass is 16.3. The minimum absolute atomic E-state index is 0.580. The molecule has 0 unspecified atom stereocenters. The Labute approximate surface area is 361 Å². The van der Waals surface area contributed by atoms with Crippen molar-refractivity contribution in [2.45, 2.75) is 0 Å². The molecule has 0 radical (unpaired) electrons. The fourth-order valence-electron chi connectivity index (χ4n) is 9.58. The molecule has 0 amide bonds. The smallest absolute Gasteiger partial charge is 0.164 e. The number of aromatic nitrogens is 5. The van der Waals surface area contributed by atoms with Crippen LogP contribution >= 0.6 is 0 Å². The molecule has 4 heterocycles. The summed E-state index contributed by atoms with van der Waals surface area (Å²) in [5.41, 5.74) is 13.1. The molecule has 0 fully saturated rings. The lowest BCUT2D eigenvalue weighted by atomic mass is 10.0. The van der Waals surface area contributed by atoms with E-state index in [-0.39, 0.29) is 0 Å². The van der Waals surface area contributed by atoms with E-state index in [9.17, 15) is 0 Å². The molecule has 13 rings (SSSR count). The summed E-state index contributed by atoms with van der Waals surface area (Å²) in [6, 6.07) is 74.3. The fraction of sp³-hybridized carbons (Fsp3) is 0. The van der Waals surface area contributed by atoms with Crippen molar-refractivity contribution in [2.75, 3.05) is 0 Å². The maximum absolute atomic E-state index is 7.08. The topological polar surface area (TPSA) is 61.7 Å². The van der Waals surface area contributed by atoms with E-state index in [4.69, 9.17) is 19.4 Å². The number of hydrogen-bond acceptors (Lipinski definition) is 4. The van der Waals surface area contributed by atoms with Crippen LogP contribution in [0.25, 0.3) is 122 Å². The largest absolute Gasteiger partial charge is 0.454 e. The first-order valence-corrected chi connectivity index (χ1v) is 21.2. The van der Waals surface area contributed by atoms with Crippen molar-refractivity contribution in [3.63, 3.8) is 0 Å². The van der Waals surface area contributed by atoms with Gasteiger partial charge in [0.1, 0.15) is 5.58 Å². The van der Waals surface area contributed by atoms with Crippen molar-refractivity contribution >= 4 is 65.6 Å². The predicted octanol–water partition coefficient (Wildman–Crippen LogP) is 14.6. The molecular weight excluding hydrogens is 771 g/mol. The Balaban J connectivity index is 1.07. The Morgan fingerprint density at radius 1 is 0.333 bits per heavy atom. The van der Waals surface area contributed by atoms with Crippen LogP contribution in [0.3, 0.4) is 0 Å². The summed E-state index contributed by atoms with van der Waals surface area (Å²) in [5.74, 6) is 1.79. The minimum Gasteiger partial charge on any atom is -0.454 e. The molecule has 0 N–H and O–H groups in total. The van der Waals surface area contributed by atoms with Gasteiger partial charge in [-0.1, -0.05) is 170 Å². The molecule has 13 aromatic rings. The zero-order valence-corrected chi connectivity index (χ0v) is 33.9. The highest BCUT2D eigenvalue weighted by Gasteiger charge is 2.25. The van der Waals surface area contributed by atoms with Gasteiger partial charge in [0.15, 0.2) is 23.1 Å². The van der Waals surface area contributed by atoms with Crippen molar-refractivity contribution < 1.29 is 4.42 Å². The Kier molecular flexibility index (Phi) is 7.80. The van der Waals surface area contributed by atoms with E-state index in [1.54, 1.807) is 0 Å². The van der Waals surface area contributed by atoms with Crippen LogP contribution in [0.1, 0.15) is 0 Å². The standard InChI is InChI=1S/C57H35N5O/c1-4-16-36(17-5-1)37-30-32-39(33-31-37)56-58-55(38-18-6-2-7-19-38)59-57(60-56)46-25-15-29-50-51(46)45-35-34-44-43-24-14-28-49(52(43)61(53(44)54(45)63-50)40-20-8-3-9-21-40)62-47-26-12-10-22-41(47)42-23-11-13-27-48(42)62/h1-35H. The van der Waals surface area contributed by atoms with Crippen LogP contribution in [-0.2, 0) is 0 Å². The van der Waals surface area contributed by atoms with Crippen LogP contribution in [0.5, 0.6) is 0 Å². The molecular formula is C57H35N5O. The lowest BCUT2D eigenvalue weighted by Crippen LogP contribution is -2.00. The van der Waals surface area contributed by atoms with E-state index in [0.29, 0.717) is 17.5 Å². The number of para-hydroxylation sites is 4. The Hall–Kier alpha value is -8.61. The van der Waals surface area contributed by atoms with E-state index >= 15 is 0 Å². The third kappa shape index (κ3) is 5.48. The summed E-state index contributed by atoms with van der Waals surface area (Å²) < 4.78 is 11.9. The van der Waals surface area contributed by atoms with Gasteiger partial charge in [0.05, 0.1) is 27.8 Å². The molecule has 0 spiro atoms. The van der Waals surface area contributed by atoms with Crippen molar-refractivity contribution in [3.8, 4) is 56.7 Å². The zero-order valence-electron chi connectivity index (χ0n) is 33.9. The number of furan rings is 1. The average Bonchev–Trinajstić information content (AvgIpc) is 4.03. The number of benzene rings is 9. The second-order valence-corrected chi connectivity index (χ2v) is 15.9. The van der Waals surface area contributed by atoms with Crippen molar-refractivity contribution in [1.82, 2.24) is 24.1 Å². The number of rotatable bonds is 6. The summed E-state index contributed by atoms with van der Waals surface area (Å²) in [5, 5.41) is 6.64. The predicted molar refractivity (Wildman–Crippen MR) is 258 cm³/mol. The van der Waals surface area contributed by atoms with Crippen LogP contribution < -0.4 is 0 Å². The van der Waals surface area contributed by atoms with Gasteiger partial charge < -0.3 is 13.6 Å². The summed E-state index contributed by atoms with van der Waals surface area (Å²) in [6.07, 6.45) is 0. The molecule has 0 bridgehead atoms. The van der Waals surface area contributed by atoms with Gasteiger partial charge >= 0.3 is 0 Å². The first-order chi connectivity index (χ1) is 31.3. The van der Waals surface area contributed by atoms with E-state index in [1.807, 2.05) is 48.5 Å². The van der Waals surface area contributed by atoms with Crippen LogP contribution in [0.15, 0.2) is 217 Å². The second kappa shape index (κ2) is 14.0. The van der Waals surface area contributed by atoms with E-state index in [2.05, 4.69) is 173 Å². The molecule has 294 valence electrons. The summed E-state index contributed by atoms with van der Waals surface area (Å²) >= 11 is 0. The number of nitrogens with zero attached hydrogens (tertiary/aromatic N) is 5. The Bertz CT molecular complexity index is 3830. The first-order valence-electron chi connectivity index (χ1n) is 21.2. The monoisotopic (exact) mass is 805 g/mol. The van der Waals surface area contributed by atoms with Gasteiger partial charge in [-0.2, -0.15) is 0 Å². The molecule has 0 saturated heterocycles. The van der Waals surface area contributed by atoms with E-state index < -0.39 is 0 Å². The quantitative estimate of drug-likeness (QED) is 0.168. The lowest BCUT2D eigenvalue weighted by molar-refractivity contribution is 0.671. The van der Waals surface area contributed by atoms with Gasteiger partial charge in [-0.3, -0.25) is 0 Å². The molecule has 4 aromatic heterocycles. The molecule has 0 aliphatic carbocycles. The SMILES string of the molecule is c1ccc(-c2ccc(-c3nc(-c4ccccc4)nc(-c4cccc5oc6c(ccc7c8cccc(-n9c%10ccccc%10c%10ccccc%109)c8n(-c8ccccc8)c76)c45)n3)cc2)cc1. The van der Waals surface area contributed by atoms with Gasteiger partial charge in [-0.05, 0) is 53.6 Å². The highest BCUT2D eigenvalue weighted by Crippen LogP contribution is 2.45. The molecule has 6 nitrogen and oxygen atoms in total. The van der Waals surface area contributed by atoms with Gasteiger partial charge in [0.25, 0.3) is 0 Å². The van der Waals surface area contributed by atoms with Crippen LogP contribution in [0, 0.1) is 0 Å². The van der Waals surface area contributed by atoms with Gasteiger partial charge in [0, 0.05) is 54.7 Å². The van der Waals surface area contributed by atoms with Crippen molar-refractivity contribution in [3.05, 3.63) is 212 Å². The van der Waals surface area contributed by atoms with Crippen molar-refractivity contribution in [1.29, 1.82) is 0 Å². The molecule has 63 heavy (non-hydrogen) atoms. The van der Waals surface area contributed by atoms with Gasteiger partial charge in [-0.25, -0.2) is 15.0 Å². The number of fused-ring (bicyclic) bond motifs is 10. The molecule has 0 saturated carbocycles. The van der Waals surface area contributed by atoms with Crippen LogP contribution in [0.4, 0.5) is 0 Å². The normalized spacial score (nSPS) is 11.8. The second-order valence-electron chi connectivity index (χ2n) is 15.9. The summed E-state index contributed by atoms with van der Waals surface area (Å²) in [6.45, 7) is 0. The van der Waals surface area contributed by atoms with E-state index in [0.717, 1.165) is 94.0 Å². The fourth-order valence-corrected chi connectivity index (χ4v) is 9.58. The Morgan fingerprint density at radius 3 is 1.54 bits per heavy atom. The van der Waals surface area contributed by atoms with Gasteiger partial charge in [0.2, 0.25) is 0 Å². The molecule has 0 atom stereocenters. The molecule has 9 aromatic carbocycles. The summed E-state index contributed by atoms with van der Waals surface area (Å²) in [4.78, 5) is 15.5. The van der Waals surface area contributed by atoms with E-state index in [1.165, 1.54) is 10.8 Å². The minimum atomic E-state index is 0.580. The Morgan fingerprint density at radius 2 is 0.841 bits per heavy atom. The average molecular weight is 806 g/mol. The third-order valence-electron chi connectivity index (χ3n) is 12.4. The van der Waals surface area contributed by atoms with Crippen LogP contribution in [-0.4, -0.2) is 24.1 Å². The maximum atomic E-state index is 7.08. The van der Waals surface area contributed by atoms with Gasteiger partial charge in [-0.15, -0.1) is 0 Å². The zero-order chi connectivity index (χ0) is 41.4. The number of hydrogen-bond donors (Lipinski definition) is 0. The molecule has 6 heteroatoms. The first kappa shape index (κ1) is 35.2. The third-order valence-corrected chi connectivity index (χ3v) is 12.4. The molecule has 0 aliphatic rings. The maximum Gasteiger partial charge on any atom is 0.164 e. The van der Waals surface area contributed by atoms with Crippen molar-refractivity contribution in [2.24, 2.45) is 0 Å². The highest BCUT2D eigenvalue weighted by molar-refractivity contribution is 6.24. The molecule has 0 aliphatic heterocycles. The summed E-state index contributed by atoms with van der Waals surface area (Å²) in [7, 11) is 0. The van der Waals surface area contributed by atoms with Crippen LogP contribution in [0.2, 0.25) is 0 Å².